The Balaban J connectivity index is 1.83. The minimum absolute atomic E-state index is 0.0885. The molecule has 1 aromatic carbocycles. The van der Waals surface area contributed by atoms with Crippen LogP contribution in [0.2, 0.25) is 0 Å². The van der Waals surface area contributed by atoms with Crippen LogP contribution < -0.4 is 10.2 Å². The van der Waals surface area contributed by atoms with Crippen molar-refractivity contribution >= 4 is 27.5 Å². The van der Waals surface area contributed by atoms with E-state index in [1.807, 2.05) is 31.2 Å². The molecule has 0 aliphatic rings. The molecule has 0 spiro atoms. The van der Waals surface area contributed by atoms with Crippen molar-refractivity contribution in [3.05, 3.63) is 58.8 Å². The van der Waals surface area contributed by atoms with Crippen LogP contribution in [-0.2, 0) is 4.79 Å². The van der Waals surface area contributed by atoms with Crippen molar-refractivity contribution in [3.63, 3.8) is 0 Å². The molecular formula is C15H14BrN3O2. The predicted octanol–water partition coefficient (Wildman–Crippen LogP) is 2.76. The lowest BCUT2D eigenvalue weighted by Gasteiger charge is -2.05. The van der Waals surface area contributed by atoms with Crippen LogP contribution in [0.1, 0.15) is 12.5 Å². The number of hydrogen-bond acceptors (Lipinski definition) is 4. The summed E-state index contributed by atoms with van der Waals surface area (Å²) < 4.78 is 6.30. The molecule has 21 heavy (non-hydrogen) atoms. The first-order chi connectivity index (χ1) is 10.1. The number of halogens is 1. The summed E-state index contributed by atoms with van der Waals surface area (Å²) in [6.07, 6.45) is 3.35. The smallest absolute Gasteiger partial charge is 0.277 e. The van der Waals surface area contributed by atoms with E-state index in [0.717, 1.165) is 10.0 Å². The summed E-state index contributed by atoms with van der Waals surface area (Å²) in [6, 6.07) is 10.9. The first kappa shape index (κ1) is 15.2. The van der Waals surface area contributed by atoms with Gasteiger partial charge in [-0.15, -0.1) is 0 Å². The van der Waals surface area contributed by atoms with Crippen molar-refractivity contribution in [2.75, 3.05) is 6.61 Å². The highest BCUT2D eigenvalue weighted by Crippen LogP contribution is 2.15. The first-order valence-corrected chi connectivity index (χ1v) is 7.06. The van der Waals surface area contributed by atoms with Gasteiger partial charge in [0.25, 0.3) is 5.91 Å². The number of hydrogen-bond donors (Lipinski definition) is 1. The van der Waals surface area contributed by atoms with Gasteiger partial charge >= 0.3 is 0 Å². The maximum atomic E-state index is 11.7. The van der Waals surface area contributed by atoms with Crippen molar-refractivity contribution in [2.45, 2.75) is 6.92 Å². The third-order valence-corrected chi connectivity index (χ3v) is 3.16. The Labute approximate surface area is 131 Å². The highest BCUT2D eigenvalue weighted by Gasteiger charge is 2.03. The average Bonchev–Trinajstić information content (AvgIpc) is 2.53. The van der Waals surface area contributed by atoms with Gasteiger partial charge in [0.05, 0.1) is 5.71 Å². The van der Waals surface area contributed by atoms with Gasteiger partial charge in [-0.05, 0) is 43.3 Å². The Kier molecular flexibility index (Phi) is 5.45. The molecule has 0 atom stereocenters. The van der Waals surface area contributed by atoms with Gasteiger partial charge in [0.1, 0.15) is 5.75 Å². The quantitative estimate of drug-likeness (QED) is 0.668. The third-order valence-electron chi connectivity index (χ3n) is 2.63. The molecule has 0 aliphatic carbocycles. The average molecular weight is 348 g/mol. The number of ether oxygens (including phenoxy) is 1. The van der Waals surface area contributed by atoms with E-state index in [9.17, 15) is 4.79 Å². The Morgan fingerprint density at radius 3 is 2.57 bits per heavy atom. The first-order valence-electron chi connectivity index (χ1n) is 6.27. The molecule has 6 heteroatoms. The lowest BCUT2D eigenvalue weighted by atomic mass is 10.2. The van der Waals surface area contributed by atoms with Crippen molar-refractivity contribution in [3.8, 4) is 5.75 Å². The summed E-state index contributed by atoms with van der Waals surface area (Å²) in [6.45, 7) is 1.72. The second kappa shape index (κ2) is 7.54. The Morgan fingerprint density at radius 1 is 1.24 bits per heavy atom. The van der Waals surface area contributed by atoms with E-state index in [1.165, 1.54) is 0 Å². The molecule has 0 saturated heterocycles. The zero-order chi connectivity index (χ0) is 15.1. The summed E-state index contributed by atoms with van der Waals surface area (Å²) >= 11 is 3.33. The van der Waals surface area contributed by atoms with Crippen molar-refractivity contribution in [2.24, 2.45) is 5.10 Å². The highest BCUT2D eigenvalue weighted by atomic mass is 79.9. The molecule has 0 unspecified atom stereocenters. The molecule has 5 nitrogen and oxygen atoms in total. The number of nitrogens with one attached hydrogen (secondary N) is 1. The van der Waals surface area contributed by atoms with E-state index in [-0.39, 0.29) is 12.5 Å². The fraction of sp³-hybridized carbons (Fsp3) is 0.133. The van der Waals surface area contributed by atoms with E-state index in [0.29, 0.717) is 11.5 Å². The number of amides is 1. The molecule has 1 amide bonds. The molecule has 0 bridgehead atoms. The number of carbonyl (C=O) groups excluding carboxylic acids is 1. The Hall–Kier alpha value is -2.21. The molecule has 108 valence electrons. The van der Waals surface area contributed by atoms with Crippen molar-refractivity contribution in [1.82, 2.24) is 10.4 Å². The molecule has 1 N–H and O–H groups in total. The number of carbonyl (C=O) groups is 1. The van der Waals surface area contributed by atoms with E-state index in [2.05, 4.69) is 31.4 Å². The van der Waals surface area contributed by atoms with Gasteiger partial charge in [-0.2, -0.15) is 5.10 Å². The SMILES string of the molecule is C/C(=N\NC(=O)COc1ccc(Br)cc1)c1ccncc1. The molecular weight excluding hydrogens is 334 g/mol. The number of aromatic nitrogens is 1. The number of nitrogens with zero attached hydrogens (tertiary/aromatic N) is 2. The minimum Gasteiger partial charge on any atom is -0.484 e. The van der Waals surface area contributed by atoms with Gasteiger partial charge in [-0.25, -0.2) is 5.43 Å². The van der Waals surface area contributed by atoms with Crippen LogP contribution >= 0.6 is 15.9 Å². The highest BCUT2D eigenvalue weighted by molar-refractivity contribution is 9.10. The van der Waals surface area contributed by atoms with E-state index in [4.69, 9.17) is 4.74 Å². The summed E-state index contributed by atoms with van der Waals surface area (Å²) in [5.74, 6) is 0.314. The lowest BCUT2D eigenvalue weighted by molar-refractivity contribution is -0.123. The molecule has 2 rings (SSSR count). The van der Waals surface area contributed by atoms with Crippen LogP contribution in [0.5, 0.6) is 5.75 Å². The zero-order valence-corrected chi connectivity index (χ0v) is 13.0. The standard InChI is InChI=1S/C15H14BrN3O2/c1-11(12-6-8-17-9-7-12)18-19-15(20)10-21-14-4-2-13(16)3-5-14/h2-9H,10H2,1H3,(H,19,20)/b18-11+. The maximum absolute atomic E-state index is 11.7. The second-order valence-corrected chi connectivity index (χ2v) is 5.13. The van der Waals surface area contributed by atoms with Gasteiger partial charge in [-0.1, -0.05) is 15.9 Å². The topological polar surface area (TPSA) is 63.6 Å². The molecule has 0 fully saturated rings. The minimum atomic E-state index is -0.314. The Morgan fingerprint density at radius 2 is 1.90 bits per heavy atom. The summed E-state index contributed by atoms with van der Waals surface area (Å²) in [7, 11) is 0. The monoisotopic (exact) mass is 347 g/mol. The summed E-state index contributed by atoms with van der Waals surface area (Å²) in [5.41, 5.74) is 4.06. The van der Waals surface area contributed by atoms with E-state index in [1.54, 1.807) is 24.5 Å². The van der Waals surface area contributed by atoms with Crippen LogP contribution in [0.4, 0.5) is 0 Å². The van der Waals surface area contributed by atoms with Crippen LogP contribution in [0.25, 0.3) is 0 Å². The zero-order valence-electron chi connectivity index (χ0n) is 11.4. The molecule has 1 aromatic heterocycles. The molecule has 2 aromatic rings. The predicted molar refractivity (Wildman–Crippen MR) is 84.2 cm³/mol. The van der Waals surface area contributed by atoms with E-state index >= 15 is 0 Å². The molecule has 0 radical (unpaired) electrons. The fourth-order valence-corrected chi connectivity index (χ4v) is 1.78. The van der Waals surface area contributed by atoms with Gasteiger partial charge in [0, 0.05) is 22.4 Å². The van der Waals surface area contributed by atoms with E-state index < -0.39 is 0 Å². The van der Waals surface area contributed by atoms with Gasteiger partial charge in [0.2, 0.25) is 0 Å². The van der Waals surface area contributed by atoms with Gasteiger partial charge in [0.15, 0.2) is 6.61 Å². The lowest BCUT2D eigenvalue weighted by Crippen LogP contribution is -2.25. The summed E-state index contributed by atoms with van der Waals surface area (Å²) in [4.78, 5) is 15.6. The summed E-state index contributed by atoms with van der Waals surface area (Å²) in [5, 5.41) is 4.02. The third kappa shape index (κ3) is 5.00. The molecule has 1 heterocycles. The van der Waals surface area contributed by atoms with Crippen LogP contribution in [0.15, 0.2) is 58.4 Å². The molecule has 0 saturated carbocycles. The van der Waals surface area contributed by atoms with Crippen molar-refractivity contribution in [1.29, 1.82) is 0 Å². The largest absolute Gasteiger partial charge is 0.484 e. The normalized spacial score (nSPS) is 11.0. The van der Waals surface area contributed by atoms with Crippen LogP contribution in [-0.4, -0.2) is 23.2 Å². The number of benzene rings is 1. The second-order valence-electron chi connectivity index (χ2n) is 4.21. The maximum Gasteiger partial charge on any atom is 0.277 e. The number of hydrazone groups is 1. The molecule has 0 aliphatic heterocycles. The van der Waals surface area contributed by atoms with Crippen LogP contribution in [0, 0.1) is 0 Å². The number of rotatable bonds is 5. The van der Waals surface area contributed by atoms with Gasteiger partial charge in [-0.3, -0.25) is 9.78 Å². The van der Waals surface area contributed by atoms with Crippen LogP contribution in [0.3, 0.4) is 0 Å². The van der Waals surface area contributed by atoms with Crippen molar-refractivity contribution < 1.29 is 9.53 Å². The number of pyridine rings is 1. The van der Waals surface area contributed by atoms with Gasteiger partial charge < -0.3 is 4.74 Å². The fourth-order valence-electron chi connectivity index (χ4n) is 1.52. The Bertz CT molecular complexity index is 627.